The van der Waals surface area contributed by atoms with E-state index < -0.39 is 10.0 Å². The summed E-state index contributed by atoms with van der Waals surface area (Å²) in [7, 11) is -3.92. The molecule has 0 bridgehead atoms. The fourth-order valence-corrected chi connectivity index (χ4v) is 3.17. The Morgan fingerprint density at radius 2 is 2.05 bits per heavy atom. The molecule has 0 aliphatic heterocycles. The van der Waals surface area contributed by atoms with E-state index in [1.165, 1.54) is 30.6 Å². The number of nitriles is 1. The van der Waals surface area contributed by atoms with Crippen molar-refractivity contribution in [1.82, 2.24) is 4.98 Å². The van der Waals surface area contributed by atoms with Gasteiger partial charge in [-0.15, -0.1) is 0 Å². The van der Waals surface area contributed by atoms with E-state index in [4.69, 9.17) is 11.1 Å². The van der Waals surface area contributed by atoms with E-state index >= 15 is 0 Å². The van der Waals surface area contributed by atoms with E-state index in [1.807, 2.05) is 6.07 Å². The third-order valence-electron chi connectivity index (χ3n) is 2.58. The molecule has 0 amide bonds. The molecule has 108 valence electrons. The van der Waals surface area contributed by atoms with Crippen LogP contribution in [-0.2, 0) is 10.0 Å². The third kappa shape index (κ3) is 3.30. The summed E-state index contributed by atoms with van der Waals surface area (Å²) in [5, 5.41) is 9.06. The summed E-state index contributed by atoms with van der Waals surface area (Å²) in [5.41, 5.74) is 2.86. The fraction of sp³-hybridized carbons (Fsp3) is 0. The zero-order valence-electron chi connectivity index (χ0n) is 10.5. The van der Waals surface area contributed by atoms with Gasteiger partial charge < -0.3 is 5.43 Å². The lowest BCUT2D eigenvalue weighted by Gasteiger charge is -2.12. The monoisotopic (exact) mass is 367 g/mol. The van der Waals surface area contributed by atoms with Gasteiger partial charge in [-0.25, -0.2) is 8.42 Å². The van der Waals surface area contributed by atoms with Gasteiger partial charge in [-0.05, 0) is 24.3 Å². The maximum Gasteiger partial charge on any atom is 0.265 e. The van der Waals surface area contributed by atoms with Crippen LogP contribution in [0.25, 0.3) is 0 Å². The maximum atomic E-state index is 12.4. The Morgan fingerprint density at radius 3 is 2.71 bits per heavy atom. The van der Waals surface area contributed by atoms with Crippen LogP contribution in [0.4, 0.5) is 11.4 Å². The van der Waals surface area contributed by atoms with Gasteiger partial charge in [0.2, 0.25) is 0 Å². The number of hydrogen-bond donors (Lipinski definition) is 3. The van der Waals surface area contributed by atoms with E-state index in [9.17, 15) is 8.42 Å². The summed E-state index contributed by atoms with van der Waals surface area (Å²) in [6.45, 7) is 0. The number of nitrogen functional groups attached to an aromatic ring is 1. The smallest absolute Gasteiger partial charge is 0.265 e. The van der Waals surface area contributed by atoms with Crippen molar-refractivity contribution in [3.63, 3.8) is 0 Å². The predicted molar refractivity (Wildman–Crippen MR) is 81.7 cm³/mol. The number of nitrogens with one attached hydrogen (secondary N) is 2. The van der Waals surface area contributed by atoms with Gasteiger partial charge in [-0.3, -0.25) is 15.5 Å². The molecule has 0 unspecified atom stereocenters. The largest absolute Gasteiger partial charge is 0.323 e. The first-order valence-electron chi connectivity index (χ1n) is 5.61. The molecule has 0 spiro atoms. The molecule has 0 aliphatic carbocycles. The highest BCUT2D eigenvalue weighted by molar-refractivity contribution is 9.10. The van der Waals surface area contributed by atoms with Crippen molar-refractivity contribution < 1.29 is 8.42 Å². The number of halogens is 1. The summed E-state index contributed by atoms with van der Waals surface area (Å²) in [4.78, 5) is 3.66. The maximum absolute atomic E-state index is 12.4. The number of anilines is 2. The highest BCUT2D eigenvalue weighted by Gasteiger charge is 2.20. The molecule has 1 heterocycles. The molecular weight excluding hydrogens is 358 g/mol. The van der Waals surface area contributed by atoms with Gasteiger partial charge in [0.15, 0.2) is 0 Å². The molecule has 4 N–H and O–H groups in total. The molecule has 2 rings (SSSR count). The molecule has 0 atom stereocenters. The van der Waals surface area contributed by atoms with E-state index in [0.29, 0.717) is 4.47 Å². The standard InChI is InChI=1S/C12H10BrN5O2S/c13-9-1-2-10(8(5-9)6-14)18-21(19,20)12-7-16-4-3-11(12)17-15/h1-5,7,18H,15H2,(H,16,17). The second kappa shape index (κ2) is 6.09. The minimum atomic E-state index is -3.92. The first-order chi connectivity index (χ1) is 9.97. The van der Waals surface area contributed by atoms with E-state index in [1.54, 1.807) is 6.07 Å². The molecule has 0 aliphatic rings. The lowest BCUT2D eigenvalue weighted by molar-refractivity contribution is 0.601. The number of benzene rings is 1. The Bertz CT molecular complexity index is 817. The second-order valence-corrected chi connectivity index (χ2v) is 6.49. The van der Waals surface area contributed by atoms with Gasteiger partial charge in [-0.2, -0.15) is 5.26 Å². The molecular formula is C12H10BrN5O2S. The summed E-state index contributed by atoms with van der Waals surface area (Å²) in [6.07, 6.45) is 2.58. The average Bonchev–Trinajstić information content (AvgIpc) is 2.48. The zero-order chi connectivity index (χ0) is 15.5. The van der Waals surface area contributed by atoms with Crippen LogP contribution in [-0.4, -0.2) is 13.4 Å². The number of aromatic nitrogens is 1. The predicted octanol–water partition coefficient (Wildman–Crippen LogP) is 1.80. The number of nitrogens with two attached hydrogens (primary N) is 1. The zero-order valence-corrected chi connectivity index (χ0v) is 12.9. The molecule has 0 fully saturated rings. The first-order valence-corrected chi connectivity index (χ1v) is 7.88. The molecule has 2 aromatic rings. The van der Waals surface area contributed by atoms with Crippen LogP contribution in [0, 0.1) is 11.3 Å². The topological polar surface area (TPSA) is 121 Å². The average molecular weight is 368 g/mol. The number of pyridine rings is 1. The summed E-state index contributed by atoms with van der Waals surface area (Å²) >= 11 is 3.22. The van der Waals surface area contributed by atoms with E-state index in [0.717, 1.165) is 0 Å². The molecule has 9 heteroatoms. The molecule has 0 saturated heterocycles. The SMILES string of the molecule is N#Cc1cc(Br)ccc1NS(=O)(=O)c1cnccc1NN. The Balaban J connectivity index is 2.46. The lowest BCUT2D eigenvalue weighted by atomic mass is 10.2. The van der Waals surface area contributed by atoms with Crippen LogP contribution in [0.3, 0.4) is 0 Å². The third-order valence-corrected chi connectivity index (χ3v) is 4.46. The van der Waals surface area contributed by atoms with Gasteiger partial charge in [0.1, 0.15) is 11.0 Å². The summed E-state index contributed by atoms with van der Waals surface area (Å²) in [5.74, 6) is 5.29. The van der Waals surface area contributed by atoms with Crippen molar-refractivity contribution in [1.29, 1.82) is 5.26 Å². The van der Waals surface area contributed by atoms with Crippen LogP contribution in [0.15, 0.2) is 46.0 Å². The fourth-order valence-electron chi connectivity index (χ4n) is 1.61. The number of hydrogen-bond acceptors (Lipinski definition) is 6. The Hall–Kier alpha value is -2.15. The lowest BCUT2D eigenvalue weighted by Crippen LogP contribution is -2.18. The van der Waals surface area contributed by atoms with Crippen LogP contribution in [0.5, 0.6) is 0 Å². The minimum Gasteiger partial charge on any atom is -0.323 e. The van der Waals surface area contributed by atoms with Crippen LogP contribution in [0.2, 0.25) is 0 Å². The van der Waals surface area contributed by atoms with E-state index in [2.05, 4.69) is 31.1 Å². The Labute approximate surface area is 130 Å². The number of sulfonamides is 1. The quantitative estimate of drug-likeness (QED) is 0.559. The molecule has 0 radical (unpaired) electrons. The minimum absolute atomic E-state index is 0.112. The van der Waals surface area contributed by atoms with Gasteiger partial charge in [0.05, 0.1) is 16.9 Å². The van der Waals surface area contributed by atoms with Crippen molar-refractivity contribution in [2.45, 2.75) is 4.90 Å². The number of nitrogens with zero attached hydrogens (tertiary/aromatic N) is 2. The molecule has 0 saturated carbocycles. The molecule has 1 aromatic carbocycles. The van der Waals surface area contributed by atoms with Gasteiger partial charge >= 0.3 is 0 Å². The van der Waals surface area contributed by atoms with Crippen molar-refractivity contribution in [3.8, 4) is 6.07 Å². The number of hydrazine groups is 1. The molecule has 1 aromatic heterocycles. The van der Waals surface area contributed by atoms with Crippen LogP contribution < -0.4 is 16.0 Å². The van der Waals surface area contributed by atoms with Gasteiger partial charge in [0, 0.05) is 16.9 Å². The molecule has 7 nitrogen and oxygen atoms in total. The van der Waals surface area contributed by atoms with Crippen molar-refractivity contribution in [2.24, 2.45) is 5.84 Å². The Morgan fingerprint density at radius 1 is 1.29 bits per heavy atom. The number of rotatable bonds is 4. The van der Waals surface area contributed by atoms with Crippen molar-refractivity contribution in [2.75, 3.05) is 10.1 Å². The van der Waals surface area contributed by atoms with E-state index in [-0.39, 0.29) is 21.8 Å². The van der Waals surface area contributed by atoms with Crippen LogP contribution in [0.1, 0.15) is 5.56 Å². The van der Waals surface area contributed by atoms with Crippen molar-refractivity contribution in [3.05, 3.63) is 46.7 Å². The highest BCUT2D eigenvalue weighted by Crippen LogP contribution is 2.25. The van der Waals surface area contributed by atoms with Gasteiger partial charge in [-0.1, -0.05) is 15.9 Å². The summed E-state index contributed by atoms with van der Waals surface area (Å²) < 4.78 is 27.8. The molecule has 21 heavy (non-hydrogen) atoms. The summed E-state index contributed by atoms with van der Waals surface area (Å²) in [6, 6.07) is 8.00. The van der Waals surface area contributed by atoms with Crippen LogP contribution >= 0.6 is 15.9 Å². The first kappa shape index (κ1) is 15.2. The van der Waals surface area contributed by atoms with Gasteiger partial charge in [0.25, 0.3) is 10.0 Å². The highest BCUT2D eigenvalue weighted by atomic mass is 79.9. The second-order valence-electron chi connectivity index (χ2n) is 3.92. The normalized spacial score (nSPS) is 10.7. The van der Waals surface area contributed by atoms with Crippen molar-refractivity contribution >= 4 is 37.3 Å². The Kier molecular flexibility index (Phi) is 4.42.